The van der Waals surface area contributed by atoms with E-state index in [1.54, 1.807) is 59.1 Å². The van der Waals surface area contributed by atoms with Gasteiger partial charge in [0.15, 0.2) is 0 Å². The Morgan fingerprint density at radius 3 is 2.27 bits per heavy atom. The predicted molar refractivity (Wildman–Crippen MR) is 126 cm³/mol. The van der Waals surface area contributed by atoms with Crippen LogP contribution in [-0.4, -0.2) is 53.4 Å². The third-order valence-corrected chi connectivity index (χ3v) is 4.78. The Morgan fingerprint density at radius 1 is 1.06 bits per heavy atom. The molecule has 1 aromatic carbocycles. The number of rotatable bonds is 11. The molecule has 1 heterocycles. The predicted octanol–water partition coefficient (Wildman–Crippen LogP) is 2.84. The number of aryl methyl sites for hydroxylation is 1. The zero-order valence-corrected chi connectivity index (χ0v) is 20.1. The monoisotopic (exact) mass is 457 g/mol. The lowest BCUT2D eigenvalue weighted by Crippen LogP contribution is -2.55. The molecule has 2 aromatic rings. The van der Waals surface area contributed by atoms with Gasteiger partial charge in [0, 0.05) is 12.4 Å². The van der Waals surface area contributed by atoms with Crippen LogP contribution in [0, 0.1) is 0 Å². The molecule has 8 nitrogen and oxygen atoms in total. The van der Waals surface area contributed by atoms with Gasteiger partial charge in [0.2, 0.25) is 0 Å². The van der Waals surface area contributed by atoms with Crippen molar-refractivity contribution in [3.8, 4) is 0 Å². The highest BCUT2D eigenvalue weighted by atomic mass is 16.6. The van der Waals surface area contributed by atoms with E-state index in [1.807, 2.05) is 30.3 Å². The molecule has 0 saturated heterocycles. The van der Waals surface area contributed by atoms with E-state index < -0.39 is 29.6 Å². The fourth-order valence-electron chi connectivity index (χ4n) is 3.32. The maximum Gasteiger partial charge on any atom is 0.328 e. The Bertz CT molecular complexity index is 891. The van der Waals surface area contributed by atoms with Crippen LogP contribution in [0.25, 0.3) is 0 Å². The summed E-state index contributed by atoms with van der Waals surface area (Å²) in [5.41, 5.74) is 0.421. The lowest BCUT2D eigenvalue weighted by molar-refractivity contribution is -0.154. The first-order valence-corrected chi connectivity index (χ1v) is 11.2. The van der Waals surface area contributed by atoms with E-state index in [2.05, 4.69) is 5.32 Å². The molecule has 1 amide bonds. The van der Waals surface area contributed by atoms with Crippen molar-refractivity contribution >= 4 is 17.8 Å². The Balaban J connectivity index is 2.13. The summed E-state index contributed by atoms with van der Waals surface area (Å²) >= 11 is 0. The summed E-state index contributed by atoms with van der Waals surface area (Å²) in [6.45, 7) is 8.72. The highest BCUT2D eigenvalue weighted by molar-refractivity contribution is 5.95. The number of aromatic nitrogens is 1. The molecular weight excluding hydrogens is 422 g/mol. The van der Waals surface area contributed by atoms with Crippen LogP contribution in [0.1, 0.15) is 46.6 Å². The second-order valence-electron chi connectivity index (χ2n) is 8.76. The molecule has 0 aliphatic carbocycles. The first-order valence-electron chi connectivity index (χ1n) is 11.2. The number of amides is 1. The molecule has 0 radical (unpaired) electrons. The van der Waals surface area contributed by atoms with Crippen LogP contribution in [0.4, 0.5) is 0 Å². The van der Waals surface area contributed by atoms with Crippen molar-refractivity contribution in [3.05, 3.63) is 60.4 Å². The third-order valence-electron chi connectivity index (χ3n) is 4.78. The molecule has 0 unspecified atom stereocenters. The summed E-state index contributed by atoms with van der Waals surface area (Å²) in [6.07, 6.45) is 4.47. The molecule has 8 heteroatoms. The van der Waals surface area contributed by atoms with E-state index in [0.29, 0.717) is 12.8 Å². The summed E-state index contributed by atoms with van der Waals surface area (Å²) < 4.78 is 12.1. The Hall–Kier alpha value is -3.13. The molecule has 33 heavy (non-hydrogen) atoms. The molecule has 1 N–H and O–H groups in total. The highest BCUT2D eigenvalue weighted by Gasteiger charge is 2.30. The number of hydrogen-bond donors (Lipinski definition) is 1. The van der Waals surface area contributed by atoms with Gasteiger partial charge in [0.05, 0.1) is 12.6 Å². The number of carbonyl (C=O) groups excluding carboxylic acids is 3. The minimum atomic E-state index is -0.750. The largest absolute Gasteiger partial charge is 0.465 e. The van der Waals surface area contributed by atoms with Gasteiger partial charge in [-0.1, -0.05) is 30.3 Å². The third kappa shape index (κ3) is 8.73. The summed E-state index contributed by atoms with van der Waals surface area (Å²) in [5.74, 6) is -1.30. The molecule has 180 valence electrons. The average molecular weight is 458 g/mol. The minimum absolute atomic E-state index is 0.249. The van der Waals surface area contributed by atoms with E-state index in [1.165, 1.54) is 9.69 Å². The Kier molecular flexibility index (Phi) is 9.66. The van der Waals surface area contributed by atoms with Gasteiger partial charge in [-0.05, 0) is 65.2 Å². The number of hydrogen-bond acceptors (Lipinski definition) is 6. The first kappa shape index (κ1) is 26.1. The van der Waals surface area contributed by atoms with Crippen LogP contribution in [0.5, 0.6) is 0 Å². The highest BCUT2D eigenvalue weighted by Crippen LogP contribution is 2.10. The van der Waals surface area contributed by atoms with E-state index in [0.717, 1.165) is 5.56 Å². The molecule has 0 aliphatic heterocycles. The van der Waals surface area contributed by atoms with Gasteiger partial charge in [-0.25, -0.2) is 5.01 Å². The van der Waals surface area contributed by atoms with Crippen molar-refractivity contribution in [2.75, 3.05) is 18.2 Å². The van der Waals surface area contributed by atoms with Crippen molar-refractivity contribution in [1.29, 1.82) is 0 Å². The zero-order valence-electron chi connectivity index (χ0n) is 20.1. The molecule has 0 aliphatic rings. The molecule has 1 aromatic heterocycles. The van der Waals surface area contributed by atoms with Crippen LogP contribution in [-0.2, 0) is 30.3 Å². The number of ether oxygens (including phenoxy) is 2. The van der Waals surface area contributed by atoms with Crippen molar-refractivity contribution in [2.45, 2.75) is 65.1 Å². The van der Waals surface area contributed by atoms with Crippen molar-refractivity contribution < 1.29 is 23.9 Å². The Morgan fingerprint density at radius 2 is 1.70 bits per heavy atom. The number of carbonyl (C=O) groups is 3. The summed E-state index contributed by atoms with van der Waals surface area (Å²) in [5, 5.41) is 4.40. The normalized spacial score (nSPS) is 13.1. The molecular formula is C25H35N3O5. The molecule has 2 atom stereocenters. The van der Waals surface area contributed by atoms with Crippen molar-refractivity contribution in [3.63, 3.8) is 0 Å². The summed E-state index contributed by atoms with van der Waals surface area (Å²) in [4.78, 5) is 38.3. The molecule has 0 fully saturated rings. The minimum Gasteiger partial charge on any atom is -0.465 e. The summed E-state index contributed by atoms with van der Waals surface area (Å²) in [7, 11) is 0. The molecule has 0 spiro atoms. The Labute approximate surface area is 195 Å². The average Bonchev–Trinajstić information content (AvgIpc) is 3.28. The second kappa shape index (κ2) is 12.2. The summed E-state index contributed by atoms with van der Waals surface area (Å²) in [6, 6.07) is 11.9. The van der Waals surface area contributed by atoms with Crippen LogP contribution in [0.15, 0.2) is 54.9 Å². The van der Waals surface area contributed by atoms with E-state index in [-0.39, 0.29) is 19.1 Å². The van der Waals surface area contributed by atoms with Gasteiger partial charge < -0.3 is 9.47 Å². The fraction of sp³-hybridized carbons (Fsp3) is 0.480. The van der Waals surface area contributed by atoms with E-state index in [4.69, 9.17) is 9.47 Å². The van der Waals surface area contributed by atoms with Gasteiger partial charge in [-0.3, -0.25) is 24.4 Å². The number of nitrogens with one attached hydrogen (secondary N) is 1. The van der Waals surface area contributed by atoms with Crippen LogP contribution >= 0.6 is 0 Å². The topological polar surface area (TPSA) is 89.9 Å². The zero-order chi connectivity index (χ0) is 24.4. The molecule has 2 rings (SSSR count). The lowest BCUT2D eigenvalue weighted by atomic mass is 10.0. The SMILES string of the molecule is CCOC(=O)[C@H](CCc1ccccc1)N[C@@H](C)C(=O)N(CC(=O)OC(C)(C)C)n1cccc1. The quantitative estimate of drug-likeness (QED) is 0.522. The lowest BCUT2D eigenvalue weighted by Gasteiger charge is -2.29. The number of nitrogens with zero attached hydrogens (tertiary/aromatic N) is 2. The second-order valence-corrected chi connectivity index (χ2v) is 8.76. The van der Waals surface area contributed by atoms with Gasteiger partial charge >= 0.3 is 11.9 Å². The maximum absolute atomic E-state index is 13.3. The van der Waals surface area contributed by atoms with Crippen LogP contribution < -0.4 is 10.3 Å². The maximum atomic E-state index is 13.3. The van der Waals surface area contributed by atoms with Gasteiger partial charge in [-0.15, -0.1) is 0 Å². The van der Waals surface area contributed by atoms with E-state index >= 15 is 0 Å². The molecule has 0 saturated carbocycles. The van der Waals surface area contributed by atoms with Gasteiger partial charge in [0.25, 0.3) is 5.91 Å². The van der Waals surface area contributed by atoms with Crippen LogP contribution in [0.2, 0.25) is 0 Å². The van der Waals surface area contributed by atoms with Crippen molar-refractivity contribution in [2.24, 2.45) is 0 Å². The van der Waals surface area contributed by atoms with Gasteiger partial charge in [0.1, 0.15) is 18.2 Å². The smallest absolute Gasteiger partial charge is 0.328 e. The standard InChI is InChI=1S/C25H35N3O5/c1-6-32-24(31)21(15-14-20-12-8-7-9-13-20)26-19(2)23(30)28(27-16-10-11-17-27)18-22(29)33-25(3,4)5/h7-13,16-17,19,21,26H,6,14-15,18H2,1-5H3/t19-,21-/m0/s1. The molecule has 0 bridgehead atoms. The van der Waals surface area contributed by atoms with Gasteiger partial charge in [-0.2, -0.15) is 0 Å². The van der Waals surface area contributed by atoms with E-state index in [9.17, 15) is 14.4 Å². The first-order chi connectivity index (χ1) is 15.6. The van der Waals surface area contributed by atoms with Crippen molar-refractivity contribution in [1.82, 2.24) is 9.99 Å². The number of benzene rings is 1. The van der Waals surface area contributed by atoms with Crippen LogP contribution in [0.3, 0.4) is 0 Å². The fourth-order valence-corrected chi connectivity index (χ4v) is 3.32. The number of esters is 2.